The quantitative estimate of drug-likeness (QED) is 0.869. The van der Waals surface area contributed by atoms with Gasteiger partial charge in [0.15, 0.2) is 5.72 Å². The van der Waals surface area contributed by atoms with Gasteiger partial charge in [-0.15, -0.1) is 0 Å². The van der Waals surface area contributed by atoms with Gasteiger partial charge < -0.3 is 15.0 Å². The van der Waals surface area contributed by atoms with Crippen LogP contribution in [0.15, 0.2) is 24.3 Å². The molecule has 1 aromatic carbocycles. The molecule has 0 radical (unpaired) electrons. The van der Waals surface area contributed by atoms with Crippen molar-refractivity contribution in [2.24, 2.45) is 17.3 Å². The summed E-state index contributed by atoms with van der Waals surface area (Å²) in [6, 6.07) is 7.25. The number of carbonyl (C=O) groups excluding carboxylic acids is 3. The fourth-order valence-corrected chi connectivity index (χ4v) is 4.99. The van der Waals surface area contributed by atoms with Crippen molar-refractivity contribution >= 4 is 17.6 Å². The summed E-state index contributed by atoms with van der Waals surface area (Å²) in [5.41, 5.74) is -0.278. The highest BCUT2D eigenvalue weighted by Gasteiger charge is 2.51. The zero-order valence-corrected chi connectivity index (χ0v) is 16.8. The maximum absolute atomic E-state index is 12.8. The van der Waals surface area contributed by atoms with Crippen LogP contribution in [0.5, 0.6) is 5.75 Å². The van der Waals surface area contributed by atoms with Crippen LogP contribution in [0.4, 0.5) is 0 Å². The lowest BCUT2D eigenvalue weighted by Gasteiger charge is -2.51. The van der Waals surface area contributed by atoms with E-state index in [4.69, 9.17) is 4.74 Å². The van der Waals surface area contributed by atoms with Crippen LogP contribution >= 0.6 is 0 Å². The van der Waals surface area contributed by atoms with Gasteiger partial charge in [-0.25, -0.2) is 0 Å². The van der Waals surface area contributed by atoms with Gasteiger partial charge in [0.25, 0.3) is 5.91 Å². The number of ether oxygens (including phenoxy) is 1. The summed E-state index contributed by atoms with van der Waals surface area (Å²) in [5.74, 6) is 1.17. The molecule has 2 aliphatic heterocycles. The summed E-state index contributed by atoms with van der Waals surface area (Å²) in [5, 5.41) is 3.01. The van der Waals surface area contributed by atoms with Gasteiger partial charge in [0.1, 0.15) is 11.5 Å². The first-order chi connectivity index (χ1) is 13.2. The van der Waals surface area contributed by atoms with Gasteiger partial charge in [-0.3, -0.25) is 14.4 Å². The van der Waals surface area contributed by atoms with Gasteiger partial charge in [0.05, 0.1) is 5.56 Å². The number of benzene rings is 1. The maximum atomic E-state index is 12.8. The molecular formula is C22H28N2O4. The third kappa shape index (κ3) is 3.09. The maximum Gasteiger partial charge on any atom is 0.258 e. The third-order valence-corrected chi connectivity index (χ3v) is 7.08. The van der Waals surface area contributed by atoms with Gasteiger partial charge >= 0.3 is 0 Å². The Morgan fingerprint density at radius 2 is 1.89 bits per heavy atom. The van der Waals surface area contributed by atoms with Crippen molar-refractivity contribution in [2.75, 3.05) is 13.1 Å². The van der Waals surface area contributed by atoms with Crippen LogP contribution in [0.1, 0.15) is 56.8 Å². The second-order valence-electron chi connectivity index (χ2n) is 9.05. The highest BCUT2D eigenvalue weighted by molar-refractivity contribution is 5.98. The first-order valence-electron chi connectivity index (χ1n) is 10.1. The van der Waals surface area contributed by atoms with E-state index in [2.05, 4.69) is 19.2 Å². The van der Waals surface area contributed by atoms with E-state index < -0.39 is 5.72 Å². The molecule has 1 saturated carbocycles. The van der Waals surface area contributed by atoms with Crippen molar-refractivity contribution in [3.63, 3.8) is 0 Å². The van der Waals surface area contributed by atoms with E-state index in [9.17, 15) is 14.4 Å². The van der Waals surface area contributed by atoms with E-state index >= 15 is 0 Å². The molecule has 2 heterocycles. The molecule has 1 spiro atoms. The van der Waals surface area contributed by atoms with E-state index in [1.807, 2.05) is 23.1 Å². The lowest BCUT2D eigenvalue weighted by molar-refractivity contribution is -0.147. The summed E-state index contributed by atoms with van der Waals surface area (Å²) in [4.78, 5) is 38.8. The molecule has 4 rings (SSSR count). The average Bonchev–Trinajstić information content (AvgIpc) is 2.65. The van der Waals surface area contributed by atoms with Gasteiger partial charge in [-0.1, -0.05) is 26.0 Å². The molecule has 0 unspecified atom stereocenters. The second-order valence-corrected chi connectivity index (χ2v) is 9.05. The normalized spacial score (nSPS) is 27.2. The SMILES string of the molecule is CC(=O)[C@H]1C[C@H](CC(=O)N2CCC3(CC2)NC(=O)c2ccccc2O3)C1(C)C. The van der Waals surface area contributed by atoms with Crippen LogP contribution < -0.4 is 10.1 Å². The molecule has 0 aromatic heterocycles. The smallest absolute Gasteiger partial charge is 0.258 e. The molecule has 3 aliphatic rings. The summed E-state index contributed by atoms with van der Waals surface area (Å²) in [6.07, 6.45) is 2.44. The average molecular weight is 384 g/mol. The summed E-state index contributed by atoms with van der Waals surface area (Å²) >= 11 is 0. The molecule has 1 aliphatic carbocycles. The highest BCUT2D eigenvalue weighted by atomic mass is 16.5. The van der Waals surface area contributed by atoms with Crippen LogP contribution in [0.25, 0.3) is 0 Å². The number of carbonyl (C=O) groups is 3. The fraction of sp³-hybridized carbons (Fsp3) is 0.591. The predicted octanol–water partition coefficient (Wildman–Crippen LogP) is 2.77. The first kappa shape index (κ1) is 19.0. The molecule has 1 saturated heterocycles. The molecule has 2 atom stereocenters. The number of rotatable bonds is 3. The van der Waals surface area contributed by atoms with Crippen molar-refractivity contribution in [1.29, 1.82) is 0 Å². The largest absolute Gasteiger partial charge is 0.467 e. The highest BCUT2D eigenvalue weighted by Crippen LogP contribution is 2.53. The zero-order valence-electron chi connectivity index (χ0n) is 16.8. The van der Waals surface area contributed by atoms with Crippen LogP contribution in [-0.2, 0) is 9.59 Å². The molecule has 150 valence electrons. The Hall–Kier alpha value is -2.37. The summed E-state index contributed by atoms with van der Waals surface area (Å²) in [7, 11) is 0. The number of piperidine rings is 1. The number of Topliss-reactive ketones (excluding diaryl/α,β-unsaturated/α-hetero) is 1. The number of ketones is 1. The number of nitrogens with zero attached hydrogens (tertiary/aromatic N) is 1. The number of nitrogens with one attached hydrogen (secondary N) is 1. The van der Waals surface area contributed by atoms with E-state index in [1.165, 1.54) is 0 Å². The number of amides is 2. The van der Waals surface area contributed by atoms with E-state index in [0.29, 0.717) is 43.7 Å². The molecule has 1 aromatic rings. The van der Waals surface area contributed by atoms with Crippen LogP contribution in [0, 0.1) is 17.3 Å². The standard InChI is InChI=1S/C22H28N2O4/c1-14(25)17-12-15(21(17,2)3)13-19(26)24-10-8-22(9-11-24)23-20(27)16-6-4-5-7-18(16)28-22/h4-7,15,17H,8-13H2,1-3H3,(H,23,27)/t15-,17-/m1/s1. The molecule has 28 heavy (non-hydrogen) atoms. The van der Waals surface area contributed by atoms with Crippen molar-refractivity contribution in [3.05, 3.63) is 29.8 Å². The number of likely N-dealkylation sites (tertiary alicyclic amines) is 1. The lowest BCUT2D eigenvalue weighted by atomic mass is 9.52. The Morgan fingerprint density at radius 1 is 1.21 bits per heavy atom. The van der Waals surface area contributed by atoms with E-state index in [-0.39, 0.29) is 34.8 Å². The lowest BCUT2D eigenvalue weighted by Crippen LogP contribution is -2.61. The Labute approximate surface area is 165 Å². The molecule has 2 fully saturated rings. The summed E-state index contributed by atoms with van der Waals surface area (Å²) in [6.45, 7) is 6.95. The first-order valence-corrected chi connectivity index (χ1v) is 10.1. The molecule has 2 amide bonds. The minimum Gasteiger partial charge on any atom is -0.467 e. The Balaban J connectivity index is 1.36. The molecule has 0 bridgehead atoms. The molecule has 6 nitrogen and oxygen atoms in total. The van der Waals surface area contributed by atoms with Crippen LogP contribution in [0.2, 0.25) is 0 Å². The molecule has 1 N–H and O–H groups in total. The van der Waals surface area contributed by atoms with Crippen molar-refractivity contribution in [1.82, 2.24) is 10.2 Å². The minimum atomic E-state index is -0.725. The predicted molar refractivity (Wildman–Crippen MR) is 104 cm³/mol. The number of hydrogen-bond acceptors (Lipinski definition) is 4. The topological polar surface area (TPSA) is 75.7 Å². The second kappa shape index (κ2) is 6.61. The Bertz CT molecular complexity index is 824. The van der Waals surface area contributed by atoms with Crippen molar-refractivity contribution in [3.8, 4) is 5.75 Å². The van der Waals surface area contributed by atoms with Crippen LogP contribution in [-0.4, -0.2) is 41.3 Å². The number of para-hydroxylation sites is 1. The number of hydrogen-bond donors (Lipinski definition) is 1. The molecular weight excluding hydrogens is 356 g/mol. The van der Waals surface area contributed by atoms with Crippen molar-refractivity contribution < 1.29 is 19.1 Å². The zero-order chi connectivity index (χ0) is 20.1. The van der Waals surface area contributed by atoms with Gasteiger partial charge in [-0.05, 0) is 36.8 Å². The monoisotopic (exact) mass is 384 g/mol. The fourth-order valence-electron chi connectivity index (χ4n) is 4.99. The Kier molecular flexibility index (Phi) is 4.47. The van der Waals surface area contributed by atoms with Gasteiger partial charge in [-0.2, -0.15) is 0 Å². The Morgan fingerprint density at radius 3 is 2.54 bits per heavy atom. The van der Waals surface area contributed by atoms with Gasteiger partial charge in [0, 0.05) is 38.3 Å². The van der Waals surface area contributed by atoms with Crippen molar-refractivity contribution in [2.45, 2.75) is 52.2 Å². The van der Waals surface area contributed by atoms with E-state index in [0.717, 1.165) is 6.42 Å². The minimum absolute atomic E-state index is 0.0702. The number of fused-ring (bicyclic) bond motifs is 1. The molecule has 6 heteroatoms. The van der Waals surface area contributed by atoms with Gasteiger partial charge in [0.2, 0.25) is 5.91 Å². The van der Waals surface area contributed by atoms with E-state index in [1.54, 1.807) is 13.0 Å². The third-order valence-electron chi connectivity index (χ3n) is 7.08. The van der Waals surface area contributed by atoms with Crippen LogP contribution in [0.3, 0.4) is 0 Å². The summed E-state index contributed by atoms with van der Waals surface area (Å²) < 4.78 is 6.14.